The average molecular weight is 655 g/mol. The van der Waals surface area contributed by atoms with Crippen LogP contribution in [0.15, 0.2) is 182 Å². The van der Waals surface area contributed by atoms with E-state index in [1.165, 1.54) is 53.6 Å². The van der Waals surface area contributed by atoms with Crippen LogP contribution in [0.25, 0.3) is 65.2 Å². The van der Waals surface area contributed by atoms with Crippen molar-refractivity contribution in [1.82, 2.24) is 9.97 Å². The largest absolute Gasteiger partial charge is 0.228 e. The van der Waals surface area contributed by atoms with Crippen molar-refractivity contribution < 1.29 is 0 Å². The predicted octanol–water partition coefficient (Wildman–Crippen LogP) is 12.2. The van der Waals surface area contributed by atoms with Crippen molar-refractivity contribution in [2.75, 3.05) is 0 Å². The molecule has 1 aliphatic rings. The first-order chi connectivity index (χ1) is 24.8. The molecule has 0 saturated heterocycles. The fourth-order valence-corrected chi connectivity index (χ4v) is 9.04. The maximum Gasteiger partial charge on any atom is 0.160 e. The second kappa shape index (κ2) is 11.5. The Bertz CT molecular complexity index is 2660. The lowest BCUT2D eigenvalue weighted by atomic mass is 9.67. The molecule has 0 N–H and O–H groups in total. The zero-order chi connectivity index (χ0) is 33.1. The van der Waals surface area contributed by atoms with Crippen molar-refractivity contribution in [2.24, 2.45) is 0 Å². The molecule has 0 bridgehead atoms. The van der Waals surface area contributed by atoms with E-state index in [0.717, 1.165) is 33.9 Å². The summed E-state index contributed by atoms with van der Waals surface area (Å²) in [5, 5.41) is 2.54. The van der Waals surface area contributed by atoms with Gasteiger partial charge in [-0.15, -0.1) is 11.3 Å². The van der Waals surface area contributed by atoms with Crippen LogP contribution in [0.3, 0.4) is 0 Å². The zero-order valence-corrected chi connectivity index (χ0v) is 27.9. The number of rotatable bonds is 5. The van der Waals surface area contributed by atoms with Crippen LogP contribution in [0.2, 0.25) is 0 Å². The van der Waals surface area contributed by atoms with E-state index in [-0.39, 0.29) is 0 Å². The number of thiophene rings is 1. The number of benzene rings is 7. The number of aromatic nitrogens is 2. The molecule has 0 amide bonds. The van der Waals surface area contributed by atoms with E-state index < -0.39 is 5.41 Å². The third kappa shape index (κ3) is 4.41. The topological polar surface area (TPSA) is 25.8 Å². The van der Waals surface area contributed by atoms with Crippen molar-refractivity contribution in [3.05, 3.63) is 204 Å². The van der Waals surface area contributed by atoms with E-state index in [1.54, 1.807) is 0 Å². The number of hydrogen-bond donors (Lipinski definition) is 0. The van der Waals surface area contributed by atoms with Gasteiger partial charge >= 0.3 is 0 Å². The van der Waals surface area contributed by atoms with Crippen molar-refractivity contribution in [1.29, 1.82) is 0 Å². The van der Waals surface area contributed by atoms with Gasteiger partial charge in [-0.05, 0) is 63.7 Å². The molecule has 0 fully saturated rings. The number of hydrogen-bond acceptors (Lipinski definition) is 3. The average Bonchev–Trinajstić information content (AvgIpc) is 3.72. The van der Waals surface area contributed by atoms with Crippen LogP contribution in [0.1, 0.15) is 22.3 Å². The molecule has 234 valence electrons. The quantitative estimate of drug-likeness (QED) is 0.185. The Kier molecular flexibility index (Phi) is 6.61. The van der Waals surface area contributed by atoms with Gasteiger partial charge in [-0.3, -0.25) is 0 Å². The SMILES string of the molecule is c1ccc(-c2nc(-c3ccc4c(c3)-c3ccccc3C4(c3ccccc3)c3ccccc3)cc(-c3ccc4sc5ccccc5c4c3)n2)cc1. The van der Waals surface area contributed by atoms with Gasteiger partial charge in [0.05, 0.1) is 16.8 Å². The van der Waals surface area contributed by atoms with E-state index in [9.17, 15) is 0 Å². The molecule has 7 aromatic carbocycles. The van der Waals surface area contributed by atoms with E-state index >= 15 is 0 Å². The molecule has 0 spiro atoms. The van der Waals surface area contributed by atoms with Crippen LogP contribution < -0.4 is 0 Å². The summed E-state index contributed by atoms with van der Waals surface area (Å²) in [7, 11) is 0. The third-order valence-corrected chi connectivity index (χ3v) is 11.3. The highest BCUT2D eigenvalue weighted by Crippen LogP contribution is 2.56. The summed E-state index contributed by atoms with van der Waals surface area (Å²) in [4.78, 5) is 10.4. The molecular weight excluding hydrogens is 625 g/mol. The highest BCUT2D eigenvalue weighted by atomic mass is 32.1. The summed E-state index contributed by atoms with van der Waals surface area (Å²) in [5.41, 5.74) is 12.1. The molecule has 2 heterocycles. The standard InChI is InChI=1S/C47H30N2S/c1-4-14-31(15-5-1)46-48-42(30-43(49-46)33-25-27-45-39(29-33)37-21-11-13-23-44(37)50-45)32-24-26-41-38(28-32)36-20-10-12-22-40(36)47(41,34-16-6-2-7-17-34)35-18-8-3-9-19-35/h1-30H. The molecule has 0 unspecified atom stereocenters. The molecule has 2 aromatic heterocycles. The van der Waals surface area contributed by atoms with E-state index in [4.69, 9.17) is 9.97 Å². The molecule has 9 aromatic rings. The Morgan fingerprint density at radius 3 is 1.68 bits per heavy atom. The van der Waals surface area contributed by atoms with E-state index in [2.05, 4.69) is 164 Å². The van der Waals surface area contributed by atoms with Crippen LogP contribution in [0.4, 0.5) is 0 Å². The van der Waals surface area contributed by atoms with Crippen LogP contribution in [0, 0.1) is 0 Å². The van der Waals surface area contributed by atoms with E-state index in [1.807, 2.05) is 29.5 Å². The highest BCUT2D eigenvalue weighted by Gasteiger charge is 2.45. The van der Waals surface area contributed by atoms with Gasteiger partial charge in [0, 0.05) is 36.9 Å². The predicted molar refractivity (Wildman–Crippen MR) is 209 cm³/mol. The molecule has 10 rings (SSSR count). The molecule has 3 heteroatoms. The summed E-state index contributed by atoms with van der Waals surface area (Å²) >= 11 is 1.84. The lowest BCUT2D eigenvalue weighted by Crippen LogP contribution is -2.28. The van der Waals surface area contributed by atoms with Crippen LogP contribution in [-0.4, -0.2) is 9.97 Å². The van der Waals surface area contributed by atoms with Gasteiger partial charge in [0.1, 0.15) is 0 Å². The summed E-state index contributed by atoms with van der Waals surface area (Å²) in [6.07, 6.45) is 0. The second-order valence-electron chi connectivity index (χ2n) is 12.9. The summed E-state index contributed by atoms with van der Waals surface area (Å²) in [5.74, 6) is 0.720. The summed E-state index contributed by atoms with van der Waals surface area (Å²) in [6.45, 7) is 0. The first-order valence-corrected chi connectivity index (χ1v) is 17.8. The number of nitrogens with zero attached hydrogens (tertiary/aromatic N) is 2. The molecule has 50 heavy (non-hydrogen) atoms. The molecule has 1 aliphatic carbocycles. The van der Waals surface area contributed by atoms with Gasteiger partial charge in [0.15, 0.2) is 5.82 Å². The van der Waals surface area contributed by atoms with Gasteiger partial charge in [-0.1, -0.05) is 152 Å². The van der Waals surface area contributed by atoms with Gasteiger partial charge in [0.2, 0.25) is 0 Å². The van der Waals surface area contributed by atoms with Crippen molar-refractivity contribution >= 4 is 31.5 Å². The van der Waals surface area contributed by atoms with E-state index in [0.29, 0.717) is 0 Å². The minimum absolute atomic E-state index is 0.433. The molecular formula is C47H30N2S. The fraction of sp³-hybridized carbons (Fsp3) is 0.0213. The molecule has 0 atom stereocenters. The normalized spacial score (nSPS) is 13.0. The fourth-order valence-electron chi connectivity index (χ4n) is 7.95. The molecule has 0 aliphatic heterocycles. The zero-order valence-electron chi connectivity index (χ0n) is 27.1. The van der Waals surface area contributed by atoms with Crippen molar-refractivity contribution in [2.45, 2.75) is 5.41 Å². The van der Waals surface area contributed by atoms with Crippen molar-refractivity contribution in [3.63, 3.8) is 0 Å². The van der Waals surface area contributed by atoms with Crippen LogP contribution >= 0.6 is 11.3 Å². The first kappa shape index (κ1) is 28.8. The molecule has 0 radical (unpaired) electrons. The Morgan fingerprint density at radius 2 is 0.940 bits per heavy atom. The molecule has 2 nitrogen and oxygen atoms in total. The van der Waals surface area contributed by atoms with Gasteiger partial charge < -0.3 is 0 Å². The Morgan fingerprint density at radius 1 is 0.380 bits per heavy atom. The van der Waals surface area contributed by atoms with Gasteiger partial charge in [-0.2, -0.15) is 0 Å². The van der Waals surface area contributed by atoms with Crippen LogP contribution in [0.5, 0.6) is 0 Å². The third-order valence-electron chi connectivity index (χ3n) is 10.2. The Balaban J connectivity index is 1.20. The number of fused-ring (bicyclic) bond motifs is 6. The minimum atomic E-state index is -0.433. The Labute approximate surface area is 295 Å². The van der Waals surface area contributed by atoms with Gasteiger partial charge in [0.25, 0.3) is 0 Å². The smallest absolute Gasteiger partial charge is 0.160 e. The first-order valence-electron chi connectivity index (χ1n) is 17.0. The minimum Gasteiger partial charge on any atom is -0.228 e. The Hall–Kier alpha value is -6.16. The van der Waals surface area contributed by atoms with Crippen LogP contribution in [-0.2, 0) is 5.41 Å². The van der Waals surface area contributed by atoms with Crippen molar-refractivity contribution in [3.8, 4) is 45.0 Å². The van der Waals surface area contributed by atoms with Gasteiger partial charge in [-0.25, -0.2) is 9.97 Å². The maximum atomic E-state index is 5.23. The lowest BCUT2D eigenvalue weighted by molar-refractivity contribution is 0.768. The highest BCUT2D eigenvalue weighted by molar-refractivity contribution is 7.25. The summed E-state index contributed by atoms with van der Waals surface area (Å²) < 4.78 is 2.58. The summed E-state index contributed by atoms with van der Waals surface area (Å²) in [6, 6.07) is 65.5. The molecule has 0 saturated carbocycles. The second-order valence-corrected chi connectivity index (χ2v) is 14.0. The lowest BCUT2D eigenvalue weighted by Gasteiger charge is -2.33. The monoisotopic (exact) mass is 654 g/mol. The maximum absolute atomic E-state index is 5.23.